The first-order valence-corrected chi connectivity index (χ1v) is 9.03. The molecule has 2 N–H and O–H groups in total. The van der Waals surface area contributed by atoms with E-state index in [1.807, 2.05) is 23.9 Å². The van der Waals surface area contributed by atoms with Gasteiger partial charge in [0.1, 0.15) is 0 Å². The standard InChI is InChI=1S/C16H26N6OS/c1-16(2,3)13-7-11(19-20-13)10-21(4)14(23)17-8-12-9-18-15(24-6)22(12)5/h7,9H,8,10H2,1-6H3,(H,17,23)(H,19,20). The average molecular weight is 350 g/mol. The molecule has 0 aromatic carbocycles. The van der Waals surface area contributed by atoms with Gasteiger partial charge in [-0.15, -0.1) is 0 Å². The highest BCUT2D eigenvalue weighted by atomic mass is 32.2. The highest BCUT2D eigenvalue weighted by molar-refractivity contribution is 7.98. The Hall–Kier alpha value is -1.96. The summed E-state index contributed by atoms with van der Waals surface area (Å²) >= 11 is 1.58. The number of thioether (sulfide) groups is 1. The summed E-state index contributed by atoms with van der Waals surface area (Å²) in [5.74, 6) is 0. The van der Waals surface area contributed by atoms with E-state index in [0.29, 0.717) is 13.1 Å². The van der Waals surface area contributed by atoms with Crippen LogP contribution in [0.3, 0.4) is 0 Å². The van der Waals surface area contributed by atoms with E-state index < -0.39 is 0 Å². The number of nitrogens with zero attached hydrogens (tertiary/aromatic N) is 4. The molecule has 0 unspecified atom stereocenters. The lowest BCUT2D eigenvalue weighted by Gasteiger charge is -2.17. The number of carbonyl (C=O) groups excluding carboxylic acids is 1. The van der Waals surface area contributed by atoms with E-state index in [-0.39, 0.29) is 11.4 Å². The van der Waals surface area contributed by atoms with Crippen molar-refractivity contribution in [1.82, 2.24) is 30.0 Å². The Bertz CT molecular complexity index is 700. The third-order valence-electron chi connectivity index (χ3n) is 3.80. The number of imidazole rings is 1. The monoisotopic (exact) mass is 350 g/mol. The number of nitrogens with one attached hydrogen (secondary N) is 2. The zero-order valence-electron chi connectivity index (χ0n) is 15.2. The smallest absolute Gasteiger partial charge is 0.317 e. The van der Waals surface area contributed by atoms with Crippen LogP contribution >= 0.6 is 11.8 Å². The van der Waals surface area contributed by atoms with Gasteiger partial charge >= 0.3 is 6.03 Å². The molecule has 0 aliphatic carbocycles. The van der Waals surface area contributed by atoms with Gasteiger partial charge in [0.25, 0.3) is 0 Å². The number of amides is 2. The lowest BCUT2D eigenvalue weighted by molar-refractivity contribution is 0.205. The Kier molecular flexibility index (Phi) is 5.58. The van der Waals surface area contributed by atoms with Crippen molar-refractivity contribution in [1.29, 1.82) is 0 Å². The van der Waals surface area contributed by atoms with Crippen LogP contribution in [0.2, 0.25) is 0 Å². The van der Waals surface area contributed by atoms with E-state index in [2.05, 4.69) is 41.3 Å². The fourth-order valence-electron chi connectivity index (χ4n) is 2.23. The average Bonchev–Trinajstić information content (AvgIpc) is 3.11. The third kappa shape index (κ3) is 4.31. The molecule has 7 nitrogen and oxygen atoms in total. The summed E-state index contributed by atoms with van der Waals surface area (Å²) in [5, 5.41) is 11.2. The highest BCUT2D eigenvalue weighted by Gasteiger charge is 2.18. The van der Waals surface area contributed by atoms with Crippen molar-refractivity contribution in [2.45, 2.75) is 44.4 Å². The quantitative estimate of drug-likeness (QED) is 0.812. The molecule has 24 heavy (non-hydrogen) atoms. The minimum Gasteiger partial charge on any atom is -0.332 e. The molecule has 0 aliphatic heterocycles. The number of aromatic nitrogens is 4. The van der Waals surface area contributed by atoms with Crippen molar-refractivity contribution in [2.75, 3.05) is 13.3 Å². The van der Waals surface area contributed by atoms with Crippen LogP contribution in [-0.2, 0) is 25.6 Å². The van der Waals surface area contributed by atoms with Crippen molar-refractivity contribution in [2.24, 2.45) is 7.05 Å². The Balaban J connectivity index is 1.90. The minimum atomic E-state index is -0.131. The normalized spacial score (nSPS) is 11.6. The molecule has 2 aromatic rings. The van der Waals surface area contributed by atoms with E-state index in [4.69, 9.17) is 0 Å². The third-order valence-corrected chi connectivity index (χ3v) is 4.54. The van der Waals surface area contributed by atoms with Gasteiger partial charge in [-0.2, -0.15) is 5.10 Å². The van der Waals surface area contributed by atoms with Crippen LogP contribution in [0, 0.1) is 0 Å². The summed E-state index contributed by atoms with van der Waals surface area (Å²) in [5.41, 5.74) is 2.87. The second-order valence-corrected chi connectivity index (χ2v) is 7.61. The summed E-state index contributed by atoms with van der Waals surface area (Å²) in [6, 6.07) is 1.88. The number of urea groups is 1. The van der Waals surface area contributed by atoms with E-state index >= 15 is 0 Å². The van der Waals surface area contributed by atoms with Crippen LogP contribution < -0.4 is 5.32 Å². The van der Waals surface area contributed by atoms with Gasteiger partial charge in [-0.1, -0.05) is 32.5 Å². The fourth-order valence-corrected chi connectivity index (χ4v) is 2.78. The number of H-pyrrole nitrogens is 1. The molecular weight excluding hydrogens is 324 g/mol. The van der Waals surface area contributed by atoms with Crippen molar-refractivity contribution >= 4 is 17.8 Å². The van der Waals surface area contributed by atoms with Gasteiger partial charge in [-0.05, 0) is 12.3 Å². The lowest BCUT2D eigenvalue weighted by atomic mass is 9.92. The SMILES string of the molecule is CSc1ncc(CNC(=O)N(C)Cc2cc(C(C)(C)C)n[nH]2)n1C. The predicted octanol–water partition coefficient (Wildman–Crippen LogP) is 2.50. The maximum absolute atomic E-state index is 12.3. The van der Waals surface area contributed by atoms with Crippen LogP contribution in [0.1, 0.15) is 37.9 Å². The van der Waals surface area contributed by atoms with Gasteiger partial charge < -0.3 is 14.8 Å². The second kappa shape index (κ2) is 7.29. The van der Waals surface area contributed by atoms with Crippen LogP contribution in [-0.4, -0.2) is 44.0 Å². The van der Waals surface area contributed by atoms with E-state index in [9.17, 15) is 4.79 Å². The van der Waals surface area contributed by atoms with Gasteiger partial charge in [-0.3, -0.25) is 5.10 Å². The molecule has 0 radical (unpaired) electrons. The van der Waals surface area contributed by atoms with Gasteiger partial charge in [0.15, 0.2) is 5.16 Å². The molecule has 0 bridgehead atoms. The molecule has 2 aromatic heterocycles. The molecule has 2 rings (SSSR count). The molecule has 2 amide bonds. The van der Waals surface area contributed by atoms with Gasteiger partial charge in [0.05, 0.1) is 36.4 Å². The molecule has 132 valence electrons. The van der Waals surface area contributed by atoms with Gasteiger partial charge in [0, 0.05) is 19.5 Å². The Morgan fingerprint density at radius 3 is 2.71 bits per heavy atom. The first kappa shape index (κ1) is 18.4. The zero-order chi connectivity index (χ0) is 17.9. The number of hydrogen-bond acceptors (Lipinski definition) is 4. The number of rotatable bonds is 5. The molecule has 0 saturated heterocycles. The molecule has 0 spiro atoms. The van der Waals surface area contributed by atoms with Gasteiger partial charge in [0.2, 0.25) is 0 Å². The topological polar surface area (TPSA) is 78.8 Å². The Labute approximate surface area is 147 Å². The first-order chi connectivity index (χ1) is 11.2. The minimum absolute atomic E-state index is 0.00981. The highest BCUT2D eigenvalue weighted by Crippen LogP contribution is 2.20. The van der Waals surface area contributed by atoms with Crippen LogP contribution in [0.15, 0.2) is 17.4 Å². The predicted molar refractivity (Wildman–Crippen MR) is 96.0 cm³/mol. The summed E-state index contributed by atoms with van der Waals surface area (Å²) < 4.78 is 1.98. The Morgan fingerprint density at radius 1 is 1.46 bits per heavy atom. The second-order valence-electron chi connectivity index (χ2n) is 6.84. The number of aromatic amines is 1. The summed E-state index contributed by atoms with van der Waals surface area (Å²) in [4.78, 5) is 18.2. The molecular formula is C16H26N6OS. The maximum atomic E-state index is 12.3. The fraction of sp³-hybridized carbons (Fsp3) is 0.562. The van der Waals surface area contributed by atoms with E-state index in [1.165, 1.54) is 0 Å². The van der Waals surface area contributed by atoms with Gasteiger partial charge in [-0.25, -0.2) is 9.78 Å². The Morgan fingerprint density at radius 2 is 2.17 bits per heavy atom. The van der Waals surface area contributed by atoms with Crippen LogP contribution in [0.25, 0.3) is 0 Å². The van der Waals surface area contributed by atoms with Crippen molar-refractivity contribution in [3.8, 4) is 0 Å². The van der Waals surface area contributed by atoms with E-state index in [0.717, 1.165) is 22.2 Å². The van der Waals surface area contributed by atoms with Crippen LogP contribution in [0.5, 0.6) is 0 Å². The molecule has 0 atom stereocenters. The molecule has 2 heterocycles. The number of carbonyl (C=O) groups is 1. The summed E-state index contributed by atoms with van der Waals surface area (Å²) in [7, 11) is 3.71. The molecule has 8 heteroatoms. The van der Waals surface area contributed by atoms with E-state index in [1.54, 1.807) is 29.9 Å². The van der Waals surface area contributed by atoms with Crippen LogP contribution in [0.4, 0.5) is 4.79 Å². The van der Waals surface area contributed by atoms with Crippen molar-refractivity contribution in [3.05, 3.63) is 29.3 Å². The summed E-state index contributed by atoms with van der Waals surface area (Å²) in [6.45, 7) is 7.26. The number of hydrogen-bond donors (Lipinski definition) is 2. The van der Waals surface area contributed by atoms with Crippen molar-refractivity contribution in [3.63, 3.8) is 0 Å². The van der Waals surface area contributed by atoms with Crippen molar-refractivity contribution < 1.29 is 4.79 Å². The summed E-state index contributed by atoms with van der Waals surface area (Å²) in [6.07, 6.45) is 3.77. The molecule has 0 fully saturated rings. The largest absolute Gasteiger partial charge is 0.332 e. The maximum Gasteiger partial charge on any atom is 0.317 e. The molecule has 0 aliphatic rings. The lowest BCUT2D eigenvalue weighted by Crippen LogP contribution is -2.36. The first-order valence-electron chi connectivity index (χ1n) is 7.80. The molecule has 0 saturated carbocycles. The zero-order valence-corrected chi connectivity index (χ0v) is 16.0.